The highest BCUT2D eigenvalue weighted by molar-refractivity contribution is 5.97. The van der Waals surface area contributed by atoms with Crippen molar-refractivity contribution < 1.29 is 28.9 Å². The van der Waals surface area contributed by atoms with Crippen LogP contribution in [-0.4, -0.2) is 38.3 Å². The van der Waals surface area contributed by atoms with E-state index in [4.69, 9.17) is 14.2 Å². The summed E-state index contributed by atoms with van der Waals surface area (Å²) in [4.78, 5) is 24.0. The summed E-state index contributed by atoms with van der Waals surface area (Å²) in [5.41, 5.74) is 0.694. The third-order valence-electron chi connectivity index (χ3n) is 3.62. The monoisotopic (exact) mass is 345 g/mol. The average molecular weight is 345 g/mol. The number of carboxylic acids is 1. The highest BCUT2D eigenvalue weighted by Gasteiger charge is 2.24. The second kappa shape index (κ2) is 8.05. The van der Waals surface area contributed by atoms with E-state index in [1.165, 1.54) is 27.4 Å². The van der Waals surface area contributed by atoms with Crippen LogP contribution in [0.1, 0.15) is 22.0 Å². The Labute approximate surface area is 145 Å². The van der Waals surface area contributed by atoms with Gasteiger partial charge in [0.2, 0.25) is 0 Å². The molecule has 25 heavy (non-hydrogen) atoms. The lowest BCUT2D eigenvalue weighted by molar-refractivity contribution is -0.139. The topological polar surface area (TPSA) is 94.1 Å². The van der Waals surface area contributed by atoms with Crippen molar-refractivity contribution in [2.45, 2.75) is 6.04 Å². The van der Waals surface area contributed by atoms with E-state index >= 15 is 0 Å². The molecule has 1 unspecified atom stereocenters. The molecule has 0 spiro atoms. The maximum absolute atomic E-state index is 12.3. The van der Waals surface area contributed by atoms with Crippen LogP contribution in [0.4, 0.5) is 0 Å². The van der Waals surface area contributed by atoms with Gasteiger partial charge in [-0.15, -0.1) is 0 Å². The predicted molar refractivity (Wildman–Crippen MR) is 90.4 cm³/mol. The molecule has 0 saturated carbocycles. The largest absolute Gasteiger partial charge is 0.497 e. The Balaban J connectivity index is 2.26. The summed E-state index contributed by atoms with van der Waals surface area (Å²) in [6.45, 7) is 0. The van der Waals surface area contributed by atoms with Gasteiger partial charge in [-0.3, -0.25) is 4.79 Å². The zero-order valence-electron chi connectivity index (χ0n) is 14.1. The standard InChI is InChI=1S/C18H19NO6/c1-23-13-7-4-11(5-8-13)17(20)19-16(18(21)22)12-6-9-14(24-2)15(10-12)25-3/h4-10,16H,1-3H3,(H,19,20)(H,21,22). The summed E-state index contributed by atoms with van der Waals surface area (Å²) in [6.07, 6.45) is 0. The molecule has 2 aromatic carbocycles. The molecule has 0 fully saturated rings. The first kappa shape index (κ1) is 18.1. The van der Waals surface area contributed by atoms with Gasteiger partial charge in [-0.1, -0.05) is 6.07 Å². The summed E-state index contributed by atoms with van der Waals surface area (Å²) in [6, 6.07) is 9.81. The fraction of sp³-hybridized carbons (Fsp3) is 0.222. The van der Waals surface area contributed by atoms with Gasteiger partial charge in [0.1, 0.15) is 5.75 Å². The molecular weight excluding hydrogens is 326 g/mol. The van der Waals surface area contributed by atoms with Gasteiger partial charge in [-0.05, 0) is 42.0 Å². The maximum Gasteiger partial charge on any atom is 0.330 e. The van der Waals surface area contributed by atoms with Crippen LogP contribution >= 0.6 is 0 Å². The van der Waals surface area contributed by atoms with Crippen molar-refractivity contribution in [3.05, 3.63) is 53.6 Å². The Hall–Kier alpha value is -3.22. The molecular formula is C18H19NO6. The van der Waals surface area contributed by atoms with Gasteiger partial charge < -0.3 is 24.6 Å². The number of benzene rings is 2. The van der Waals surface area contributed by atoms with Crippen LogP contribution in [0.15, 0.2) is 42.5 Å². The molecule has 0 bridgehead atoms. The van der Waals surface area contributed by atoms with Crippen LogP contribution < -0.4 is 19.5 Å². The highest BCUT2D eigenvalue weighted by Crippen LogP contribution is 2.30. The molecule has 2 aromatic rings. The average Bonchev–Trinajstić information content (AvgIpc) is 2.65. The Morgan fingerprint density at radius 2 is 1.56 bits per heavy atom. The van der Waals surface area contributed by atoms with Crippen molar-refractivity contribution >= 4 is 11.9 Å². The number of aliphatic carboxylic acids is 1. The number of amides is 1. The minimum absolute atomic E-state index is 0.326. The van der Waals surface area contributed by atoms with Crippen LogP contribution in [-0.2, 0) is 4.79 Å². The molecule has 1 amide bonds. The van der Waals surface area contributed by atoms with E-state index in [1.807, 2.05) is 0 Å². The van der Waals surface area contributed by atoms with Crippen LogP contribution in [0, 0.1) is 0 Å². The Morgan fingerprint density at radius 3 is 2.08 bits per heavy atom. The van der Waals surface area contributed by atoms with Gasteiger partial charge in [0, 0.05) is 5.56 Å². The molecule has 2 rings (SSSR count). The lowest BCUT2D eigenvalue weighted by Crippen LogP contribution is -2.33. The lowest BCUT2D eigenvalue weighted by Gasteiger charge is -2.17. The number of hydrogen-bond acceptors (Lipinski definition) is 5. The third-order valence-corrected chi connectivity index (χ3v) is 3.62. The van der Waals surface area contributed by atoms with Crippen LogP contribution in [0.25, 0.3) is 0 Å². The van der Waals surface area contributed by atoms with Gasteiger partial charge in [0.15, 0.2) is 17.5 Å². The smallest absolute Gasteiger partial charge is 0.330 e. The third kappa shape index (κ3) is 4.20. The first-order chi connectivity index (χ1) is 12.0. The van der Waals surface area contributed by atoms with E-state index < -0.39 is 17.9 Å². The maximum atomic E-state index is 12.3. The van der Waals surface area contributed by atoms with Gasteiger partial charge in [-0.2, -0.15) is 0 Å². The molecule has 1 atom stereocenters. The van der Waals surface area contributed by atoms with E-state index in [0.29, 0.717) is 28.4 Å². The van der Waals surface area contributed by atoms with Crippen molar-refractivity contribution in [1.29, 1.82) is 0 Å². The summed E-state index contributed by atoms with van der Waals surface area (Å²) in [7, 11) is 4.46. The molecule has 0 aromatic heterocycles. The molecule has 0 aliphatic carbocycles. The molecule has 132 valence electrons. The normalized spacial score (nSPS) is 11.3. The van der Waals surface area contributed by atoms with Crippen molar-refractivity contribution in [3.8, 4) is 17.2 Å². The fourth-order valence-electron chi connectivity index (χ4n) is 2.28. The first-order valence-corrected chi connectivity index (χ1v) is 7.39. The molecule has 0 aliphatic heterocycles. The zero-order valence-corrected chi connectivity index (χ0v) is 14.1. The Bertz CT molecular complexity index is 757. The summed E-state index contributed by atoms with van der Waals surface area (Å²) < 4.78 is 15.3. The fourth-order valence-corrected chi connectivity index (χ4v) is 2.28. The number of methoxy groups -OCH3 is 3. The van der Waals surface area contributed by atoms with E-state index in [2.05, 4.69) is 5.32 Å². The van der Waals surface area contributed by atoms with Crippen LogP contribution in [0.5, 0.6) is 17.2 Å². The second-order valence-electron chi connectivity index (χ2n) is 5.09. The predicted octanol–water partition coefficient (Wildman–Crippen LogP) is 2.27. The number of nitrogens with one attached hydrogen (secondary N) is 1. The van der Waals surface area contributed by atoms with E-state index in [-0.39, 0.29) is 0 Å². The minimum atomic E-state index is -1.23. The second-order valence-corrected chi connectivity index (χ2v) is 5.09. The molecule has 0 radical (unpaired) electrons. The quantitative estimate of drug-likeness (QED) is 0.799. The molecule has 7 heteroatoms. The van der Waals surface area contributed by atoms with Gasteiger partial charge in [-0.25, -0.2) is 4.79 Å². The van der Waals surface area contributed by atoms with Crippen molar-refractivity contribution in [2.75, 3.05) is 21.3 Å². The van der Waals surface area contributed by atoms with Gasteiger partial charge in [0.25, 0.3) is 5.91 Å². The minimum Gasteiger partial charge on any atom is -0.497 e. The Kier molecular flexibility index (Phi) is 5.84. The molecule has 0 heterocycles. The van der Waals surface area contributed by atoms with Crippen LogP contribution in [0.3, 0.4) is 0 Å². The number of carbonyl (C=O) groups excluding carboxylic acids is 1. The van der Waals surface area contributed by atoms with Gasteiger partial charge >= 0.3 is 5.97 Å². The number of rotatable bonds is 7. The number of ether oxygens (including phenoxy) is 3. The molecule has 0 saturated heterocycles. The highest BCUT2D eigenvalue weighted by atomic mass is 16.5. The van der Waals surface area contributed by atoms with Gasteiger partial charge in [0.05, 0.1) is 21.3 Å². The van der Waals surface area contributed by atoms with Crippen molar-refractivity contribution in [1.82, 2.24) is 5.32 Å². The Morgan fingerprint density at radius 1 is 0.920 bits per heavy atom. The molecule has 2 N–H and O–H groups in total. The summed E-state index contributed by atoms with van der Waals surface area (Å²) >= 11 is 0. The van der Waals surface area contributed by atoms with Crippen LogP contribution in [0.2, 0.25) is 0 Å². The first-order valence-electron chi connectivity index (χ1n) is 7.39. The van der Waals surface area contributed by atoms with Crippen molar-refractivity contribution in [3.63, 3.8) is 0 Å². The molecule has 7 nitrogen and oxygen atoms in total. The SMILES string of the molecule is COc1ccc(C(=O)NC(C(=O)O)c2ccc(OC)c(OC)c2)cc1. The van der Waals surface area contributed by atoms with E-state index in [0.717, 1.165) is 0 Å². The number of carbonyl (C=O) groups is 2. The molecule has 0 aliphatic rings. The van der Waals surface area contributed by atoms with Crippen molar-refractivity contribution in [2.24, 2.45) is 0 Å². The van der Waals surface area contributed by atoms with E-state index in [9.17, 15) is 14.7 Å². The summed E-state index contributed by atoms with van der Waals surface area (Å²) in [5.74, 6) is -0.244. The summed E-state index contributed by atoms with van der Waals surface area (Å²) in [5, 5.41) is 12.0. The number of hydrogen-bond donors (Lipinski definition) is 2. The number of carboxylic acid groups (broad SMARTS) is 1. The zero-order chi connectivity index (χ0) is 18.4. The lowest BCUT2D eigenvalue weighted by atomic mass is 10.1. The van der Waals surface area contributed by atoms with E-state index in [1.54, 1.807) is 36.4 Å².